The minimum absolute atomic E-state index is 0.659. The van der Waals surface area contributed by atoms with Gasteiger partial charge >= 0.3 is 0 Å². The molecule has 0 saturated heterocycles. The Morgan fingerprint density at radius 2 is 1.00 bits per heavy atom. The van der Waals surface area contributed by atoms with Crippen LogP contribution in [0.4, 0.5) is 0 Å². The smallest absolute Gasteiger partial charge is 0.123 e. The number of hydrogen-bond donors (Lipinski definition) is 0. The van der Waals surface area contributed by atoms with E-state index < -0.39 is 8.15 Å². The molecule has 2 heteroatoms. The van der Waals surface area contributed by atoms with Crippen LogP contribution in [0.1, 0.15) is 11.1 Å². The Kier molecular flexibility index (Phi) is 4.29. The standard InChI is InChI=1S/C28H21OP/c1-2-10-24(11-3-1)29-30-18-22-16-14-20-8-4-6-12-25(20)27(22)28-23(19-30)17-15-21-9-5-7-13-26(21)28/h1-17H,18-19H2. The molecule has 5 aromatic carbocycles. The van der Waals surface area contributed by atoms with Crippen LogP contribution >= 0.6 is 8.15 Å². The summed E-state index contributed by atoms with van der Waals surface area (Å²) in [5.74, 6) is 0.968. The Hall–Kier alpha value is -3.15. The molecule has 0 aliphatic carbocycles. The molecule has 1 aliphatic heterocycles. The van der Waals surface area contributed by atoms with Crippen molar-refractivity contribution in [1.29, 1.82) is 0 Å². The minimum Gasteiger partial charge on any atom is -0.473 e. The third-order valence-corrected chi connectivity index (χ3v) is 7.81. The molecule has 0 atom stereocenters. The van der Waals surface area contributed by atoms with Gasteiger partial charge in [0.1, 0.15) is 5.75 Å². The summed E-state index contributed by atoms with van der Waals surface area (Å²) in [6.45, 7) is 0. The SMILES string of the molecule is c1ccc(OP2Cc3ccc4ccccc4c3-c3c(ccc4ccccc34)C2)cc1. The van der Waals surface area contributed by atoms with E-state index in [1.165, 1.54) is 43.8 Å². The summed E-state index contributed by atoms with van der Waals surface area (Å²) >= 11 is 0. The molecule has 144 valence electrons. The van der Waals surface area contributed by atoms with Gasteiger partial charge in [0.05, 0.1) is 8.15 Å². The van der Waals surface area contributed by atoms with Crippen molar-refractivity contribution in [1.82, 2.24) is 0 Å². The highest BCUT2D eigenvalue weighted by Crippen LogP contribution is 2.53. The normalized spacial score (nSPS) is 13.6. The molecule has 0 amide bonds. The van der Waals surface area contributed by atoms with Crippen LogP contribution in [0.25, 0.3) is 32.7 Å². The first-order valence-electron chi connectivity index (χ1n) is 10.4. The Morgan fingerprint density at radius 1 is 0.500 bits per heavy atom. The number of fused-ring (bicyclic) bond motifs is 7. The highest BCUT2D eigenvalue weighted by atomic mass is 31.1. The number of hydrogen-bond acceptors (Lipinski definition) is 1. The Balaban J connectivity index is 1.62. The van der Waals surface area contributed by atoms with Crippen molar-refractivity contribution in [3.05, 3.63) is 114 Å². The molecular weight excluding hydrogens is 383 g/mol. The summed E-state index contributed by atoms with van der Waals surface area (Å²) in [4.78, 5) is 0. The van der Waals surface area contributed by atoms with Crippen LogP contribution in [0.15, 0.2) is 103 Å². The first-order valence-corrected chi connectivity index (χ1v) is 12.0. The molecule has 1 nitrogen and oxygen atoms in total. The number of rotatable bonds is 2. The van der Waals surface area contributed by atoms with Crippen molar-refractivity contribution in [2.45, 2.75) is 12.3 Å². The molecule has 30 heavy (non-hydrogen) atoms. The zero-order chi connectivity index (χ0) is 19.9. The lowest BCUT2D eigenvalue weighted by atomic mass is 9.88. The van der Waals surface area contributed by atoms with E-state index >= 15 is 0 Å². The molecule has 0 unspecified atom stereocenters. The molecule has 0 spiro atoms. The van der Waals surface area contributed by atoms with Crippen molar-refractivity contribution in [2.24, 2.45) is 0 Å². The van der Waals surface area contributed by atoms with Crippen LogP contribution in [0.5, 0.6) is 5.75 Å². The zero-order valence-corrected chi connectivity index (χ0v) is 17.5. The van der Waals surface area contributed by atoms with Crippen molar-refractivity contribution < 1.29 is 4.52 Å². The molecule has 1 heterocycles. The van der Waals surface area contributed by atoms with E-state index in [4.69, 9.17) is 4.52 Å². The van der Waals surface area contributed by atoms with Crippen LogP contribution < -0.4 is 4.52 Å². The molecule has 0 aromatic heterocycles. The fourth-order valence-electron chi connectivity index (χ4n) is 4.62. The van der Waals surface area contributed by atoms with Gasteiger partial charge in [-0.1, -0.05) is 91.0 Å². The first-order chi connectivity index (χ1) is 14.9. The predicted molar refractivity (Wildman–Crippen MR) is 128 cm³/mol. The third-order valence-electron chi connectivity index (χ3n) is 5.95. The van der Waals surface area contributed by atoms with Crippen LogP contribution in [-0.2, 0) is 12.3 Å². The summed E-state index contributed by atoms with van der Waals surface area (Å²) in [6.07, 6.45) is 1.93. The number of benzene rings is 5. The van der Waals surface area contributed by atoms with E-state index in [-0.39, 0.29) is 0 Å². The second-order valence-corrected chi connectivity index (χ2v) is 9.62. The zero-order valence-electron chi connectivity index (χ0n) is 16.6. The molecule has 0 radical (unpaired) electrons. The van der Waals surface area contributed by atoms with E-state index in [0.717, 1.165) is 18.1 Å². The van der Waals surface area contributed by atoms with E-state index in [1.807, 2.05) is 18.2 Å². The topological polar surface area (TPSA) is 9.23 Å². The van der Waals surface area contributed by atoms with E-state index in [1.54, 1.807) is 0 Å². The molecule has 1 aliphatic rings. The Morgan fingerprint density at radius 3 is 1.57 bits per heavy atom. The van der Waals surface area contributed by atoms with Gasteiger partial charge in [-0.15, -0.1) is 0 Å². The van der Waals surface area contributed by atoms with Crippen LogP contribution in [-0.4, -0.2) is 0 Å². The van der Waals surface area contributed by atoms with Gasteiger partial charge in [0, 0.05) is 12.3 Å². The third kappa shape index (κ3) is 2.98. The van der Waals surface area contributed by atoms with Crippen molar-refractivity contribution >= 4 is 29.7 Å². The van der Waals surface area contributed by atoms with E-state index in [0.29, 0.717) is 0 Å². The molecule has 0 bridgehead atoms. The second kappa shape index (κ2) is 7.27. The van der Waals surface area contributed by atoms with E-state index in [9.17, 15) is 0 Å². The fraction of sp³-hybridized carbons (Fsp3) is 0.0714. The quantitative estimate of drug-likeness (QED) is 0.270. The van der Waals surface area contributed by atoms with Gasteiger partial charge in [-0.3, -0.25) is 0 Å². The molecule has 5 aromatic rings. The maximum atomic E-state index is 6.54. The molecule has 0 saturated carbocycles. The minimum atomic E-state index is -0.659. The highest BCUT2D eigenvalue weighted by molar-refractivity contribution is 7.51. The van der Waals surface area contributed by atoms with Crippen molar-refractivity contribution in [3.63, 3.8) is 0 Å². The van der Waals surface area contributed by atoms with Gasteiger partial charge in [-0.2, -0.15) is 0 Å². The van der Waals surface area contributed by atoms with Gasteiger partial charge in [0.2, 0.25) is 0 Å². The Bertz CT molecular complexity index is 1290. The lowest BCUT2D eigenvalue weighted by Crippen LogP contribution is -1.94. The van der Waals surface area contributed by atoms with E-state index in [2.05, 4.69) is 84.9 Å². The monoisotopic (exact) mass is 404 g/mol. The maximum Gasteiger partial charge on any atom is 0.123 e. The summed E-state index contributed by atoms with van der Waals surface area (Å²) in [7, 11) is -0.659. The number of para-hydroxylation sites is 1. The highest BCUT2D eigenvalue weighted by Gasteiger charge is 2.25. The summed E-state index contributed by atoms with van der Waals surface area (Å²) in [6, 6.07) is 37.0. The average Bonchev–Trinajstić information content (AvgIpc) is 2.96. The first kappa shape index (κ1) is 17.7. The molecule has 0 fully saturated rings. The summed E-state index contributed by atoms with van der Waals surface area (Å²) < 4.78 is 6.54. The predicted octanol–water partition coefficient (Wildman–Crippen LogP) is 8.15. The molecule has 0 N–H and O–H groups in total. The lowest BCUT2D eigenvalue weighted by Gasteiger charge is -2.17. The van der Waals surface area contributed by atoms with Crippen molar-refractivity contribution in [2.75, 3.05) is 0 Å². The van der Waals surface area contributed by atoms with Gasteiger partial charge in [-0.05, 0) is 55.9 Å². The lowest BCUT2D eigenvalue weighted by molar-refractivity contribution is 0.610. The average molecular weight is 404 g/mol. The summed E-state index contributed by atoms with van der Waals surface area (Å²) in [5.41, 5.74) is 5.57. The summed E-state index contributed by atoms with van der Waals surface area (Å²) in [5, 5.41) is 5.27. The van der Waals surface area contributed by atoms with Crippen molar-refractivity contribution in [3.8, 4) is 16.9 Å². The Labute approximate surface area is 177 Å². The maximum absolute atomic E-state index is 6.54. The van der Waals surface area contributed by atoms with Gasteiger partial charge in [0.25, 0.3) is 0 Å². The van der Waals surface area contributed by atoms with Gasteiger partial charge in [0.15, 0.2) is 0 Å². The second-order valence-electron chi connectivity index (χ2n) is 7.84. The largest absolute Gasteiger partial charge is 0.473 e. The van der Waals surface area contributed by atoms with Gasteiger partial charge < -0.3 is 4.52 Å². The van der Waals surface area contributed by atoms with Crippen LogP contribution in [0.2, 0.25) is 0 Å². The van der Waals surface area contributed by atoms with Crippen LogP contribution in [0, 0.1) is 0 Å². The fourth-order valence-corrected chi connectivity index (χ4v) is 6.57. The molecule has 6 rings (SSSR count). The van der Waals surface area contributed by atoms with Crippen LogP contribution in [0.3, 0.4) is 0 Å². The van der Waals surface area contributed by atoms with Gasteiger partial charge in [-0.25, -0.2) is 0 Å². The molecular formula is C28H21OP.